The number of thiophene rings is 1. The van der Waals surface area contributed by atoms with Crippen LogP contribution in [0.25, 0.3) is 0 Å². The van der Waals surface area contributed by atoms with E-state index >= 15 is 0 Å². The average molecular weight is 512 g/mol. The van der Waals surface area contributed by atoms with Crippen LogP contribution in [0.15, 0.2) is 35.0 Å². The van der Waals surface area contributed by atoms with Crippen molar-refractivity contribution in [1.29, 1.82) is 0 Å². The number of hydrogen-bond acceptors (Lipinski definition) is 4. The molecule has 184 valence electrons. The first-order chi connectivity index (χ1) is 15.9. The molecule has 3 heterocycles. The lowest BCUT2D eigenvalue weighted by atomic mass is 9.88. The molecule has 2 aromatic rings. The van der Waals surface area contributed by atoms with Gasteiger partial charge in [-0.1, -0.05) is 43.1 Å². The summed E-state index contributed by atoms with van der Waals surface area (Å²) in [5.74, 6) is 2.22. The average Bonchev–Trinajstić information content (AvgIpc) is 3.47. The zero-order valence-corrected chi connectivity index (χ0v) is 22.9. The lowest BCUT2D eigenvalue weighted by Crippen LogP contribution is -2.33. The van der Waals surface area contributed by atoms with Crippen molar-refractivity contribution in [2.24, 2.45) is 11.8 Å². The lowest BCUT2D eigenvalue weighted by molar-refractivity contribution is 0.0351. The summed E-state index contributed by atoms with van der Waals surface area (Å²) >= 11 is 13.9. The summed E-state index contributed by atoms with van der Waals surface area (Å²) in [6.07, 6.45) is 5.65. The normalized spacial score (nSPS) is 21.2. The van der Waals surface area contributed by atoms with Gasteiger partial charge in [0.1, 0.15) is 0 Å². The Kier molecular flexibility index (Phi) is 11.0. The first-order valence-electron chi connectivity index (χ1n) is 12.3. The number of nitrogens with zero attached hydrogens (tertiary/aromatic N) is 2. The van der Waals surface area contributed by atoms with E-state index in [1.807, 2.05) is 25.3 Å². The molecule has 3 nitrogen and oxygen atoms in total. The lowest BCUT2D eigenvalue weighted by Gasteiger charge is -2.32. The van der Waals surface area contributed by atoms with Crippen molar-refractivity contribution < 1.29 is 4.74 Å². The van der Waals surface area contributed by atoms with Crippen molar-refractivity contribution in [2.45, 2.75) is 58.1 Å². The summed E-state index contributed by atoms with van der Waals surface area (Å²) in [6.45, 7) is 10.2. The van der Waals surface area contributed by atoms with Gasteiger partial charge in [-0.2, -0.15) is 11.3 Å². The standard InChI is InChI=1S/C15H15Cl2NS.C12H25NO/c16-14-2-1-12(15(17)7-14)9-18-5-3-11(8-18)13-4-6-19-10-13;1-10(2)12(14-4)9-11-5-7-13(3)8-6-11/h1-2,4,6-7,10-11H,3,5,8-9H2;10-12H,5-9H2,1-4H3/t11-;/m1./s1. The Morgan fingerprint density at radius 3 is 2.45 bits per heavy atom. The van der Waals surface area contributed by atoms with E-state index in [2.05, 4.69) is 47.5 Å². The molecule has 0 amide bonds. The molecule has 0 saturated carbocycles. The van der Waals surface area contributed by atoms with Crippen LogP contribution >= 0.6 is 34.5 Å². The summed E-state index contributed by atoms with van der Waals surface area (Å²) < 4.78 is 5.53. The fraction of sp³-hybridized carbons (Fsp3) is 0.630. The monoisotopic (exact) mass is 510 g/mol. The second-order valence-corrected chi connectivity index (χ2v) is 11.6. The van der Waals surface area contributed by atoms with Crippen molar-refractivity contribution in [1.82, 2.24) is 9.80 Å². The maximum absolute atomic E-state index is 6.23. The second-order valence-electron chi connectivity index (χ2n) is 10.0. The molecule has 0 radical (unpaired) electrons. The zero-order valence-electron chi connectivity index (χ0n) is 20.6. The smallest absolute Gasteiger partial charge is 0.0596 e. The van der Waals surface area contributed by atoms with Crippen molar-refractivity contribution in [3.05, 3.63) is 56.2 Å². The van der Waals surface area contributed by atoms with Gasteiger partial charge in [0.05, 0.1) is 6.10 Å². The van der Waals surface area contributed by atoms with Gasteiger partial charge >= 0.3 is 0 Å². The van der Waals surface area contributed by atoms with E-state index in [0.29, 0.717) is 23.0 Å². The SMILES string of the molecule is COC(CC1CCN(C)CC1)C(C)C.Clc1ccc(CN2CC[C@@H](c3ccsc3)C2)c(Cl)c1. The summed E-state index contributed by atoms with van der Waals surface area (Å²) in [6, 6.07) is 8.01. The highest BCUT2D eigenvalue weighted by atomic mass is 35.5. The maximum Gasteiger partial charge on any atom is 0.0596 e. The zero-order chi connectivity index (χ0) is 23.8. The van der Waals surface area contributed by atoms with Crippen molar-refractivity contribution >= 4 is 34.5 Å². The first kappa shape index (κ1) is 27.0. The van der Waals surface area contributed by atoms with Gasteiger partial charge in [-0.25, -0.2) is 0 Å². The molecule has 0 N–H and O–H groups in total. The van der Waals surface area contributed by atoms with Crippen LogP contribution in [0.5, 0.6) is 0 Å². The Labute approximate surface area is 215 Å². The Morgan fingerprint density at radius 2 is 1.85 bits per heavy atom. The number of piperidine rings is 1. The predicted molar refractivity (Wildman–Crippen MR) is 144 cm³/mol. The third-order valence-electron chi connectivity index (χ3n) is 7.15. The summed E-state index contributed by atoms with van der Waals surface area (Å²) in [5.41, 5.74) is 2.65. The van der Waals surface area contributed by atoms with Gasteiger partial charge in [-0.3, -0.25) is 4.90 Å². The number of hydrogen-bond donors (Lipinski definition) is 0. The van der Waals surface area contributed by atoms with E-state index in [4.69, 9.17) is 27.9 Å². The van der Waals surface area contributed by atoms with E-state index in [0.717, 1.165) is 36.1 Å². The molecule has 0 spiro atoms. The van der Waals surface area contributed by atoms with Crippen LogP contribution in [-0.4, -0.2) is 56.2 Å². The van der Waals surface area contributed by atoms with Crippen LogP contribution in [0.2, 0.25) is 10.0 Å². The van der Waals surface area contributed by atoms with Crippen LogP contribution in [0.4, 0.5) is 0 Å². The Bertz CT molecular complexity index is 822. The van der Waals surface area contributed by atoms with E-state index in [1.54, 1.807) is 11.3 Å². The quantitative estimate of drug-likeness (QED) is 0.384. The van der Waals surface area contributed by atoms with Gasteiger partial charge in [0.25, 0.3) is 0 Å². The van der Waals surface area contributed by atoms with Crippen LogP contribution in [0.3, 0.4) is 0 Å². The molecule has 1 aromatic heterocycles. The van der Waals surface area contributed by atoms with Gasteiger partial charge in [-0.05, 0) is 110 Å². The van der Waals surface area contributed by atoms with Gasteiger partial charge in [0, 0.05) is 30.2 Å². The first-order valence-corrected chi connectivity index (χ1v) is 13.9. The minimum atomic E-state index is 0.461. The Balaban J connectivity index is 0.000000196. The van der Waals surface area contributed by atoms with E-state index in [1.165, 1.54) is 44.3 Å². The molecule has 1 unspecified atom stereocenters. The molecule has 0 aliphatic carbocycles. The largest absolute Gasteiger partial charge is 0.381 e. The van der Waals surface area contributed by atoms with Crippen LogP contribution in [-0.2, 0) is 11.3 Å². The highest BCUT2D eigenvalue weighted by Gasteiger charge is 2.24. The minimum Gasteiger partial charge on any atom is -0.381 e. The molecule has 2 atom stereocenters. The topological polar surface area (TPSA) is 15.7 Å². The van der Waals surface area contributed by atoms with Crippen LogP contribution in [0, 0.1) is 11.8 Å². The number of likely N-dealkylation sites (tertiary alicyclic amines) is 2. The molecule has 2 aliphatic rings. The molecule has 33 heavy (non-hydrogen) atoms. The van der Waals surface area contributed by atoms with E-state index in [-0.39, 0.29) is 0 Å². The van der Waals surface area contributed by atoms with Gasteiger partial charge in [0.15, 0.2) is 0 Å². The molecular weight excluding hydrogens is 471 g/mol. The fourth-order valence-electron chi connectivity index (χ4n) is 4.91. The third-order valence-corrected chi connectivity index (χ3v) is 8.43. The van der Waals surface area contributed by atoms with Crippen LogP contribution < -0.4 is 0 Å². The Hall–Kier alpha value is -0.620. The molecular formula is C27H40Cl2N2OS. The molecule has 2 fully saturated rings. The number of benzene rings is 1. The predicted octanol–water partition coefficient (Wildman–Crippen LogP) is 7.43. The fourth-order valence-corrected chi connectivity index (χ4v) is 6.12. The highest BCUT2D eigenvalue weighted by molar-refractivity contribution is 7.08. The summed E-state index contributed by atoms with van der Waals surface area (Å²) in [4.78, 5) is 4.89. The van der Waals surface area contributed by atoms with Gasteiger partial charge < -0.3 is 9.64 Å². The molecule has 6 heteroatoms. The van der Waals surface area contributed by atoms with Crippen molar-refractivity contribution in [2.75, 3.05) is 40.3 Å². The van der Waals surface area contributed by atoms with Crippen LogP contribution in [0.1, 0.15) is 56.6 Å². The molecule has 1 aromatic carbocycles. The number of methoxy groups -OCH3 is 1. The van der Waals surface area contributed by atoms with E-state index < -0.39 is 0 Å². The minimum absolute atomic E-state index is 0.461. The summed E-state index contributed by atoms with van der Waals surface area (Å²) in [5, 5.41) is 5.90. The maximum atomic E-state index is 6.23. The van der Waals surface area contributed by atoms with Crippen molar-refractivity contribution in [3.63, 3.8) is 0 Å². The van der Waals surface area contributed by atoms with Crippen molar-refractivity contribution in [3.8, 4) is 0 Å². The molecule has 0 bridgehead atoms. The summed E-state index contributed by atoms with van der Waals surface area (Å²) in [7, 11) is 4.06. The number of rotatable bonds is 7. The Morgan fingerprint density at radius 1 is 1.09 bits per heavy atom. The molecule has 4 rings (SSSR count). The number of ether oxygens (including phenoxy) is 1. The molecule has 2 saturated heterocycles. The second kappa shape index (κ2) is 13.5. The molecule has 2 aliphatic heterocycles. The van der Waals surface area contributed by atoms with Gasteiger partial charge in [-0.15, -0.1) is 0 Å². The number of halogens is 2. The van der Waals surface area contributed by atoms with Gasteiger partial charge in [0.2, 0.25) is 0 Å². The highest BCUT2D eigenvalue weighted by Crippen LogP contribution is 2.31. The van der Waals surface area contributed by atoms with E-state index in [9.17, 15) is 0 Å². The third kappa shape index (κ3) is 8.52.